The van der Waals surface area contributed by atoms with Gasteiger partial charge in [0.2, 0.25) is 5.82 Å². The largest absolute Gasteiger partial charge is 0.497 e. The molecule has 0 amide bonds. The van der Waals surface area contributed by atoms with E-state index in [9.17, 15) is 0 Å². The molecule has 1 aromatic carbocycles. The Kier molecular flexibility index (Phi) is 3.20. The molecular weight excluding hydrogens is 224 g/mol. The minimum absolute atomic E-state index is 0.252. The van der Waals surface area contributed by atoms with E-state index in [-0.39, 0.29) is 12.4 Å². The van der Waals surface area contributed by atoms with Gasteiger partial charge >= 0.3 is 0 Å². The van der Waals surface area contributed by atoms with Crippen LogP contribution in [0.15, 0.2) is 18.2 Å². The zero-order chi connectivity index (χ0) is 12.3. The fourth-order valence-corrected chi connectivity index (χ4v) is 1.36. The molecule has 0 bridgehead atoms. The fourth-order valence-electron chi connectivity index (χ4n) is 1.36. The van der Waals surface area contributed by atoms with Crippen LogP contribution in [0.2, 0.25) is 0 Å². The van der Waals surface area contributed by atoms with E-state index in [1.807, 2.05) is 0 Å². The van der Waals surface area contributed by atoms with Crippen molar-refractivity contribution in [3.63, 3.8) is 0 Å². The molecule has 2 rings (SSSR count). The lowest BCUT2D eigenvalue weighted by Gasteiger charge is -2.08. The summed E-state index contributed by atoms with van der Waals surface area (Å²) in [5, 5.41) is 20.4. The molecule has 1 aromatic heterocycles. The van der Waals surface area contributed by atoms with Crippen molar-refractivity contribution in [2.45, 2.75) is 6.61 Å². The van der Waals surface area contributed by atoms with Crippen LogP contribution < -0.4 is 9.47 Å². The van der Waals surface area contributed by atoms with Crippen LogP contribution in [0, 0.1) is 0 Å². The van der Waals surface area contributed by atoms with Gasteiger partial charge < -0.3 is 14.6 Å². The molecule has 90 valence electrons. The third kappa shape index (κ3) is 2.18. The Balaban J connectivity index is 2.43. The number of benzene rings is 1. The van der Waals surface area contributed by atoms with Gasteiger partial charge in [-0.2, -0.15) is 0 Å². The van der Waals surface area contributed by atoms with Gasteiger partial charge in [0.25, 0.3) is 0 Å². The molecule has 0 unspecified atom stereocenters. The number of nitrogens with zero attached hydrogens (tertiary/aromatic N) is 4. The number of rotatable bonds is 4. The lowest BCUT2D eigenvalue weighted by molar-refractivity contribution is 0.271. The Morgan fingerprint density at radius 1 is 1.29 bits per heavy atom. The number of aromatic nitrogens is 4. The monoisotopic (exact) mass is 236 g/mol. The highest BCUT2D eigenvalue weighted by Crippen LogP contribution is 2.26. The minimum atomic E-state index is -0.252. The van der Waals surface area contributed by atoms with Gasteiger partial charge in [0, 0.05) is 6.07 Å². The van der Waals surface area contributed by atoms with Gasteiger partial charge in [-0.3, -0.25) is 0 Å². The van der Waals surface area contributed by atoms with Gasteiger partial charge in [-0.15, -0.1) is 15.0 Å². The maximum atomic E-state index is 8.88. The van der Waals surface area contributed by atoms with Crippen molar-refractivity contribution < 1.29 is 14.6 Å². The summed E-state index contributed by atoms with van der Waals surface area (Å²) in [6, 6.07) is 5.23. The maximum absolute atomic E-state index is 8.88. The first-order chi connectivity index (χ1) is 8.28. The average molecular weight is 236 g/mol. The van der Waals surface area contributed by atoms with E-state index in [1.165, 1.54) is 4.80 Å². The number of hydrogen-bond donors (Lipinski definition) is 1. The molecule has 1 N–H and O–H groups in total. The fraction of sp³-hybridized carbons (Fsp3) is 0.300. The smallest absolute Gasteiger partial charge is 0.200 e. The molecule has 0 radical (unpaired) electrons. The maximum Gasteiger partial charge on any atom is 0.200 e. The molecule has 7 nitrogen and oxygen atoms in total. The van der Waals surface area contributed by atoms with Crippen LogP contribution in [0.25, 0.3) is 5.69 Å². The summed E-state index contributed by atoms with van der Waals surface area (Å²) < 4.78 is 10.3. The van der Waals surface area contributed by atoms with Gasteiger partial charge in [-0.25, -0.2) is 0 Å². The van der Waals surface area contributed by atoms with Crippen LogP contribution in [-0.2, 0) is 6.61 Å². The molecule has 0 aliphatic rings. The zero-order valence-electron chi connectivity index (χ0n) is 9.49. The van der Waals surface area contributed by atoms with E-state index in [0.29, 0.717) is 17.2 Å². The Morgan fingerprint density at radius 3 is 2.71 bits per heavy atom. The minimum Gasteiger partial charge on any atom is -0.497 e. The molecular formula is C10H12N4O3. The van der Waals surface area contributed by atoms with Crippen LogP contribution in [0.1, 0.15) is 5.82 Å². The van der Waals surface area contributed by atoms with Crippen LogP contribution >= 0.6 is 0 Å². The Hall–Kier alpha value is -2.15. The lowest BCUT2D eigenvalue weighted by Crippen LogP contribution is -2.02. The molecule has 0 aliphatic heterocycles. The lowest BCUT2D eigenvalue weighted by atomic mass is 10.3. The molecule has 0 spiro atoms. The van der Waals surface area contributed by atoms with E-state index in [0.717, 1.165) is 0 Å². The van der Waals surface area contributed by atoms with Crippen LogP contribution in [0.5, 0.6) is 11.5 Å². The summed E-state index contributed by atoms with van der Waals surface area (Å²) in [6.45, 7) is -0.252. The zero-order valence-corrected chi connectivity index (χ0v) is 9.49. The van der Waals surface area contributed by atoms with E-state index in [1.54, 1.807) is 32.4 Å². The molecule has 1 heterocycles. The third-order valence-electron chi connectivity index (χ3n) is 2.20. The van der Waals surface area contributed by atoms with Gasteiger partial charge in [0.1, 0.15) is 23.8 Å². The summed E-state index contributed by atoms with van der Waals surface area (Å²) in [4.78, 5) is 1.30. The van der Waals surface area contributed by atoms with Crippen molar-refractivity contribution in [3.05, 3.63) is 24.0 Å². The molecule has 2 aromatic rings. The standard InChI is InChI=1S/C10H12N4O3/c1-16-7-3-4-8(9(5-7)17-2)14-12-10(6-15)11-13-14/h3-5,15H,6H2,1-2H3. The number of methoxy groups -OCH3 is 2. The average Bonchev–Trinajstić information content (AvgIpc) is 2.86. The van der Waals surface area contributed by atoms with Crippen molar-refractivity contribution in [2.24, 2.45) is 0 Å². The second-order valence-electron chi connectivity index (χ2n) is 3.19. The highest BCUT2D eigenvalue weighted by atomic mass is 16.5. The van der Waals surface area contributed by atoms with Crippen LogP contribution in [0.3, 0.4) is 0 Å². The van der Waals surface area contributed by atoms with E-state index >= 15 is 0 Å². The quantitative estimate of drug-likeness (QED) is 0.815. The first-order valence-corrected chi connectivity index (χ1v) is 4.90. The molecule has 0 fully saturated rings. The van der Waals surface area contributed by atoms with Gasteiger partial charge in [-0.1, -0.05) is 0 Å². The van der Waals surface area contributed by atoms with Crippen molar-refractivity contribution in [3.8, 4) is 17.2 Å². The normalized spacial score (nSPS) is 10.3. The van der Waals surface area contributed by atoms with Gasteiger partial charge in [-0.05, 0) is 17.3 Å². The van der Waals surface area contributed by atoms with Crippen LogP contribution in [-0.4, -0.2) is 39.5 Å². The number of aliphatic hydroxyl groups excluding tert-OH is 1. The number of aliphatic hydroxyl groups is 1. The highest BCUT2D eigenvalue weighted by molar-refractivity contribution is 5.49. The van der Waals surface area contributed by atoms with Crippen molar-refractivity contribution >= 4 is 0 Å². The summed E-state index contributed by atoms with van der Waals surface area (Å²) in [5.74, 6) is 1.49. The second kappa shape index (κ2) is 4.79. The Morgan fingerprint density at radius 2 is 2.12 bits per heavy atom. The third-order valence-corrected chi connectivity index (χ3v) is 2.20. The SMILES string of the molecule is COc1ccc(-n2nnc(CO)n2)c(OC)c1. The Bertz CT molecular complexity index is 512. The first-order valence-electron chi connectivity index (χ1n) is 4.90. The molecule has 0 aliphatic carbocycles. The second-order valence-corrected chi connectivity index (χ2v) is 3.19. The van der Waals surface area contributed by atoms with E-state index < -0.39 is 0 Å². The predicted molar refractivity (Wildman–Crippen MR) is 58.2 cm³/mol. The number of hydrogen-bond acceptors (Lipinski definition) is 6. The summed E-state index contributed by atoms with van der Waals surface area (Å²) in [6.07, 6.45) is 0. The molecule has 17 heavy (non-hydrogen) atoms. The van der Waals surface area contributed by atoms with Crippen molar-refractivity contribution in [1.82, 2.24) is 20.2 Å². The van der Waals surface area contributed by atoms with E-state index in [4.69, 9.17) is 14.6 Å². The van der Waals surface area contributed by atoms with Crippen molar-refractivity contribution in [1.29, 1.82) is 0 Å². The summed E-state index contributed by atoms with van der Waals surface area (Å²) in [7, 11) is 3.12. The predicted octanol–water partition coefficient (Wildman–Crippen LogP) is 0.172. The van der Waals surface area contributed by atoms with Gasteiger partial charge in [0.05, 0.1) is 14.2 Å². The summed E-state index contributed by atoms with van der Waals surface area (Å²) >= 11 is 0. The molecule has 0 saturated heterocycles. The molecule has 0 saturated carbocycles. The number of tetrazole rings is 1. The Labute approximate surface area is 97.6 Å². The molecule has 0 atom stereocenters. The van der Waals surface area contributed by atoms with Crippen molar-refractivity contribution in [2.75, 3.05) is 14.2 Å². The highest BCUT2D eigenvalue weighted by Gasteiger charge is 2.10. The van der Waals surface area contributed by atoms with Crippen LogP contribution in [0.4, 0.5) is 0 Å². The number of ether oxygens (including phenoxy) is 2. The molecule has 7 heteroatoms. The first kappa shape index (κ1) is 11.3. The van der Waals surface area contributed by atoms with E-state index in [2.05, 4.69) is 15.4 Å². The topological polar surface area (TPSA) is 82.3 Å². The summed E-state index contributed by atoms with van der Waals surface area (Å²) in [5.41, 5.74) is 0.625. The van der Waals surface area contributed by atoms with Gasteiger partial charge in [0.15, 0.2) is 0 Å².